The van der Waals surface area contributed by atoms with E-state index in [1.165, 1.54) is 12.3 Å². The number of hydrogen-bond acceptors (Lipinski definition) is 4. The SMILES string of the molecule is O=C(NCC1CCCO1)Nc1ccc(NC(=O)c2ccc[nH]c2=O)cc1. The van der Waals surface area contributed by atoms with E-state index in [9.17, 15) is 14.4 Å². The van der Waals surface area contributed by atoms with E-state index >= 15 is 0 Å². The summed E-state index contributed by atoms with van der Waals surface area (Å²) in [6, 6.07) is 9.33. The van der Waals surface area contributed by atoms with Crippen molar-refractivity contribution < 1.29 is 14.3 Å². The average molecular weight is 356 g/mol. The summed E-state index contributed by atoms with van der Waals surface area (Å²) in [6.07, 6.45) is 3.53. The Hall–Kier alpha value is -3.13. The molecule has 1 fully saturated rings. The molecule has 0 aliphatic carbocycles. The lowest BCUT2D eigenvalue weighted by atomic mass is 10.2. The van der Waals surface area contributed by atoms with Gasteiger partial charge < -0.3 is 25.7 Å². The first kappa shape index (κ1) is 17.7. The Kier molecular flexibility index (Phi) is 5.65. The second kappa shape index (κ2) is 8.30. The minimum atomic E-state index is -0.498. The van der Waals surface area contributed by atoms with Crippen molar-refractivity contribution in [2.24, 2.45) is 0 Å². The van der Waals surface area contributed by atoms with Crippen LogP contribution in [0.2, 0.25) is 0 Å². The van der Waals surface area contributed by atoms with Gasteiger partial charge in [0.1, 0.15) is 5.56 Å². The second-order valence-corrected chi connectivity index (χ2v) is 5.91. The van der Waals surface area contributed by atoms with Gasteiger partial charge in [-0.2, -0.15) is 0 Å². The zero-order valence-corrected chi connectivity index (χ0v) is 14.1. The van der Waals surface area contributed by atoms with Crippen LogP contribution in [0.1, 0.15) is 23.2 Å². The van der Waals surface area contributed by atoms with Crippen molar-refractivity contribution in [3.63, 3.8) is 0 Å². The van der Waals surface area contributed by atoms with Crippen LogP contribution in [-0.4, -0.2) is 36.2 Å². The van der Waals surface area contributed by atoms with E-state index in [1.54, 1.807) is 30.3 Å². The minimum Gasteiger partial charge on any atom is -0.376 e. The molecule has 3 amide bonds. The van der Waals surface area contributed by atoms with Crippen LogP contribution in [0.5, 0.6) is 0 Å². The predicted octanol–water partition coefficient (Wildman–Crippen LogP) is 1.93. The molecule has 2 aromatic rings. The Morgan fingerprint density at radius 2 is 1.85 bits per heavy atom. The van der Waals surface area contributed by atoms with Gasteiger partial charge in [-0.25, -0.2) is 4.79 Å². The molecule has 2 heterocycles. The van der Waals surface area contributed by atoms with Crippen LogP contribution >= 0.6 is 0 Å². The zero-order chi connectivity index (χ0) is 18.4. The highest BCUT2D eigenvalue weighted by Crippen LogP contribution is 2.14. The number of carbonyl (C=O) groups excluding carboxylic acids is 2. The number of pyridine rings is 1. The summed E-state index contributed by atoms with van der Waals surface area (Å²) in [5.41, 5.74) is 0.684. The molecule has 1 aromatic carbocycles. The Balaban J connectivity index is 1.51. The van der Waals surface area contributed by atoms with Gasteiger partial charge in [0.15, 0.2) is 0 Å². The van der Waals surface area contributed by atoms with Crippen LogP contribution in [0.25, 0.3) is 0 Å². The lowest BCUT2D eigenvalue weighted by Gasteiger charge is -2.12. The van der Waals surface area contributed by atoms with Gasteiger partial charge >= 0.3 is 6.03 Å². The van der Waals surface area contributed by atoms with Crippen molar-refractivity contribution in [3.05, 3.63) is 58.5 Å². The fourth-order valence-corrected chi connectivity index (χ4v) is 2.62. The number of hydrogen-bond donors (Lipinski definition) is 4. The number of nitrogens with one attached hydrogen (secondary N) is 4. The standard InChI is InChI=1S/C18H20N4O4/c23-16-15(4-1-9-19-16)17(24)21-12-5-7-13(8-6-12)22-18(25)20-11-14-3-2-10-26-14/h1,4-9,14H,2-3,10-11H2,(H,19,23)(H,21,24)(H2,20,22,25). The number of urea groups is 1. The highest BCUT2D eigenvalue weighted by Gasteiger charge is 2.16. The molecule has 1 saturated heterocycles. The van der Waals surface area contributed by atoms with Crippen molar-refractivity contribution >= 4 is 23.3 Å². The molecule has 0 spiro atoms. The Morgan fingerprint density at radius 3 is 2.50 bits per heavy atom. The molecule has 0 radical (unpaired) electrons. The number of carbonyl (C=O) groups is 2. The summed E-state index contributed by atoms with van der Waals surface area (Å²) < 4.78 is 5.44. The summed E-state index contributed by atoms with van der Waals surface area (Å²) in [5.74, 6) is -0.498. The van der Waals surface area contributed by atoms with Gasteiger partial charge in [-0.1, -0.05) is 0 Å². The maximum absolute atomic E-state index is 12.1. The van der Waals surface area contributed by atoms with Gasteiger partial charge in [0, 0.05) is 30.7 Å². The van der Waals surface area contributed by atoms with E-state index in [1.807, 2.05) is 0 Å². The Labute approximate surface area is 150 Å². The van der Waals surface area contributed by atoms with E-state index in [-0.39, 0.29) is 17.7 Å². The third kappa shape index (κ3) is 4.70. The van der Waals surface area contributed by atoms with Gasteiger partial charge in [0.25, 0.3) is 11.5 Å². The lowest BCUT2D eigenvalue weighted by molar-refractivity contribution is 0.102. The highest BCUT2D eigenvalue weighted by atomic mass is 16.5. The van der Waals surface area contributed by atoms with Gasteiger partial charge in [-0.15, -0.1) is 0 Å². The van der Waals surface area contributed by atoms with Gasteiger partial charge in [-0.3, -0.25) is 9.59 Å². The van der Waals surface area contributed by atoms with Crippen molar-refractivity contribution in [1.29, 1.82) is 0 Å². The molecule has 1 aromatic heterocycles. The number of aromatic amines is 1. The number of anilines is 2. The maximum atomic E-state index is 12.1. The Bertz CT molecular complexity index is 826. The quantitative estimate of drug-likeness (QED) is 0.656. The first-order valence-electron chi connectivity index (χ1n) is 8.37. The summed E-state index contributed by atoms with van der Waals surface area (Å²) in [7, 11) is 0. The largest absolute Gasteiger partial charge is 0.376 e. The number of amides is 3. The lowest BCUT2D eigenvalue weighted by Crippen LogP contribution is -2.35. The molecule has 0 bridgehead atoms. The summed E-state index contributed by atoms with van der Waals surface area (Å²) in [6.45, 7) is 1.22. The van der Waals surface area contributed by atoms with Crippen molar-refractivity contribution in [1.82, 2.24) is 10.3 Å². The topological polar surface area (TPSA) is 112 Å². The van der Waals surface area contributed by atoms with E-state index in [0.29, 0.717) is 17.9 Å². The number of aromatic nitrogens is 1. The Morgan fingerprint density at radius 1 is 1.12 bits per heavy atom. The molecule has 26 heavy (non-hydrogen) atoms. The monoisotopic (exact) mass is 356 g/mol. The first-order chi connectivity index (χ1) is 12.6. The molecule has 3 rings (SSSR count). The van der Waals surface area contributed by atoms with Crippen molar-refractivity contribution in [3.8, 4) is 0 Å². The van der Waals surface area contributed by atoms with Crippen LogP contribution in [0.15, 0.2) is 47.4 Å². The fourth-order valence-electron chi connectivity index (χ4n) is 2.62. The zero-order valence-electron chi connectivity index (χ0n) is 14.1. The number of H-pyrrole nitrogens is 1. The fraction of sp³-hybridized carbons (Fsp3) is 0.278. The molecule has 1 atom stereocenters. The third-order valence-electron chi connectivity index (χ3n) is 3.98. The summed E-state index contributed by atoms with van der Waals surface area (Å²) >= 11 is 0. The highest BCUT2D eigenvalue weighted by molar-refractivity contribution is 6.04. The van der Waals surface area contributed by atoms with E-state index in [0.717, 1.165) is 19.4 Å². The van der Waals surface area contributed by atoms with Crippen molar-refractivity contribution in [2.45, 2.75) is 18.9 Å². The summed E-state index contributed by atoms with van der Waals surface area (Å²) in [4.78, 5) is 38.0. The van der Waals surface area contributed by atoms with Crippen LogP contribution in [-0.2, 0) is 4.74 Å². The number of benzene rings is 1. The number of rotatable bonds is 5. The van der Waals surface area contributed by atoms with E-state index < -0.39 is 11.5 Å². The third-order valence-corrected chi connectivity index (χ3v) is 3.98. The van der Waals surface area contributed by atoms with Crippen LogP contribution in [0, 0.1) is 0 Å². The molecule has 4 N–H and O–H groups in total. The molecular formula is C18H20N4O4. The first-order valence-corrected chi connectivity index (χ1v) is 8.37. The average Bonchev–Trinajstić information content (AvgIpc) is 3.15. The van der Waals surface area contributed by atoms with Crippen molar-refractivity contribution in [2.75, 3.05) is 23.8 Å². The van der Waals surface area contributed by atoms with E-state index in [2.05, 4.69) is 20.9 Å². The van der Waals surface area contributed by atoms with E-state index in [4.69, 9.17) is 4.74 Å². The second-order valence-electron chi connectivity index (χ2n) is 5.91. The molecular weight excluding hydrogens is 336 g/mol. The molecule has 0 saturated carbocycles. The van der Waals surface area contributed by atoms with Crippen LogP contribution < -0.4 is 21.5 Å². The van der Waals surface area contributed by atoms with Gasteiger partial charge in [-0.05, 0) is 49.2 Å². The molecule has 136 valence electrons. The normalized spacial score (nSPS) is 16.1. The van der Waals surface area contributed by atoms with Crippen LogP contribution in [0.3, 0.4) is 0 Å². The smallest absolute Gasteiger partial charge is 0.319 e. The van der Waals surface area contributed by atoms with Gasteiger partial charge in [0.05, 0.1) is 6.10 Å². The molecule has 8 nitrogen and oxygen atoms in total. The molecule has 1 aliphatic rings. The molecule has 1 aliphatic heterocycles. The predicted molar refractivity (Wildman–Crippen MR) is 97.5 cm³/mol. The molecule has 1 unspecified atom stereocenters. The maximum Gasteiger partial charge on any atom is 0.319 e. The minimum absolute atomic E-state index is 0.0308. The number of ether oxygens (including phenoxy) is 1. The van der Waals surface area contributed by atoms with Gasteiger partial charge in [0.2, 0.25) is 0 Å². The van der Waals surface area contributed by atoms with Crippen LogP contribution in [0.4, 0.5) is 16.2 Å². The summed E-state index contributed by atoms with van der Waals surface area (Å²) in [5, 5.41) is 8.12. The molecule has 8 heteroatoms.